The molecule has 0 bridgehead atoms. The van der Waals surface area contributed by atoms with Crippen LogP contribution in [0.5, 0.6) is 5.75 Å². The van der Waals surface area contributed by atoms with E-state index in [-0.39, 0.29) is 0 Å². The number of benzene rings is 3. The quantitative estimate of drug-likeness (QED) is 0.200. The lowest BCUT2D eigenvalue weighted by Gasteiger charge is -2.06. The Bertz CT molecular complexity index is 1120. The van der Waals surface area contributed by atoms with Gasteiger partial charge in [0.1, 0.15) is 5.75 Å². The highest BCUT2D eigenvalue weighted by atomic mass is 16.6. The van der Waals surface area contributed by atoms with Crippen molar-refractivity contribution in [1.82, 2.24) is 0 Å². The third-order valence-electron chi connectivity index (χ3n) is 5.59. The predicted octanol–water partition coefficient (Wildman–Crippen LogP) is 6.92. The summed E-state index contributed by atoms with van der Waals surface area (Å²) in [5, 5.41) is 2.09. The van der Waals surface area contributed by atoms with Crippen LogP contribution in [0.3, 0.4) is 0 Å². The molecule has 4 nitrogen and oxygen atoms in total. The van der Waals surface area contributed by atoms with E-state index < -0.39 is 5.97 Å². The lowest BCUT2D eigenvalue weighted by atomic mass is 10.0. The van der Waals surface area contributed by atoms with E-state index in [1.807, 2.05) is 66.7 Å². The molecule has 0 aromatic heterocycles. The molecule has 32 heavy (non-hydrogen) atoms. The summed E-state index contributed by atoms with van der Waals surface area (Å²) in [5.74, 6) is 0.753. The van der Waals surface area contributed by atoms with E-state index in [0.29, 0.717) is 11.6 Å². The van der Waals surface area contributed by atoms with Gasteiger partial charge in [-0.2, -0.15) is 0 Å². The standard InChI is InChI=1S/C28H29NO3/c1-2-3-4-5-6-9-19-31-23-17-15-21(16-18-23)20-26-28(30)32-27(29-26)25-14-10-12-22-11-7-8-13-24(22)25/h7-8,10-18,20H,2-6,9,19H2,1H3. The second-order valence-corrected chi connectivity index (χ2v) is 8.05. The normalized spacial score (nSPS) is 14.6. The smallest absolute Gasteiger partial charge is 0.363 e. The van der Waals surface area contributed by atoms with Crippen LogP contribution in [0.15, 0.2) is 77.4 Å². The molecule has 0 atom stereocenters. The molecule has 0 radical (unpaired) electrons. The molecule has 0 aliphatic carbocycles. The van der Waals surface area contributed by atoms with Gasteiger partial charge in [0.25, 0.3) is 0 Å². The van der Waals surface area contributed by atoms with E-state index in [1.165, 1.54) is 32.1 Å². The average molecular weight is 428 g/mol. The summed E-state index contributed by atoms with van der Waals surface area (Å²) in [4.78, 5) is 16.9. The van der Waals surface area contributed by atoms with Crippen molar-refractivity contribution in [3.05, 3.63) is 83.6 Å². The number of carbonyl (C=O) groups is 1. The average Bonchev–Trinajstić information content (AvgIpc) is 3.19. The van der Waals surface area contributed by atoms with E-state index in [0.717, 1.165) is 40.7 Å². The van der Waals surface area contributed by atoms with Gasteiger partial charge in [0.15, 0.2) is 5.70 Å². The first-order chi connectivity index (χ1) is 15.7. The van der Waals surface area contributed by atoms with Gasteiger partial charge in [-0.15, -0.1) is 0 Å². The highest BCUT2D eigenvalue weighted by molar-refractivity contribution is 6.17. The molecule has 3 aromatic carbocycles. The van der Waals surface area contributed by atoms with Crippen molar-refractivity contribution in [3.63, 3.8) is 0 Å². The van der Waals surface area contributed by atoms with Gasteiger partial charge >= 0.3 is 5.97 Å². The maximum atomic E-state index is 12.4. The molecular weight excluding hydrogens is 398 g/mol. The fourth-order valence-electron chi connectivity index (χ4n) is 3.83. The largest absolute Gasteiger partial charge is 0.494 e. The van der Waals surface area contributed by atoms with E-state index >= 15 is 0 Å². The van der Waals surface area contributed by atoms with Crippen LogP contribution in [0.4, 0.5) is 0 Å². The molecule has 1 aliphatic rings. The van der Waals surface area contributed by atoms with Crippen LogP contribution in [0, 0.1) is 0 Å². The Morgan fingerprint density at radius 1 is 0.875 bits per heavy atom. The van der Waals surface area contributed by atoms with Gasteiger partial charge in [-0.1, -0.05) is 87.6 Å². The summed E-state index contributed by atoms with van der Waals surface area (Å²) in [6.07, 6.45) is 9.22. The maximum Gasteiger partial charge on any atom is 0.363 e. The van der Waals surface area contributed by atoms with Crippen molar-refractivity contribution in [1.29, 1.82) is 0 Å². The highest BCUT2D eigenvalue weighted by Gasteiger charge is 2.25. The number of cyclic esters (lactones) is 1. The molecular formula is C28H29NO3. The van der Waals surface area contributed by atoms with E-state index in [4.69, 9.17) is 9.47 Å². The second kappa shape index (κ2) is 10.8. The molecule has 0 fully saturated rings. The molecule has 0 saturated carbocycles. The monoisotopic (exact) mass is 427 g/mol. The summed E-state index contributed by atoms with van der Waals surface area (Å²) in [6.45, 7) is 2.96. The van der Waals surface area contributed by atoms with Gasteiger partial charge in [0.05, 0.1) is 6.61 Å². The number of hydrogen-bond donors (Lipinski definition) is 0. The number of carbonyl (C=O) groups excluding carboxylic acids is 1. The molecule has 4 rings (SSSR count). The van der Waals surface area contributed by atoms with Crippen molar-refractivity contribution in [2.75, 3.05) is 6.61 Å². The van der Waals surface area contributed by atoms with Crippen LogP contribution in [0.25, 0.3) is 16.8 Å². The lowest BCUT2D eigenvalue weighted by Crippen LogP contribution is -2.05. The van der Waals surface area contributed by atoms with Crippen LogP contribution in [0.1, 0.15) is 56.6 Å². The van der Waals surface area contributed by atoms with E-state index in [9.17, 15) is 4.79 Å². The number of esters is 1. The van der Waals surface area contributed by atoms with Crippen LogP contribution in [-0.4, -0.2) is 18.5 Å². The van der Waals surface area contributed by atoms with Crippen molar-refractivity contribution in [3.8, 4) is 5.75 Å². The predicted molar refractivity (Wildman–Crippen MR) is 130 cm³/mol. The van der Waals surface area contributed by atoms with Crippen LogP contribution in [-0.2, 0) is 9.53 Å². The molecule has 4 heteroatoms. The third-order valence-corrected chi connectivity index (χ3v) is 5.59. The Kier molecular flexibility index (Phi) is 7.34. The summed E-state index contributed by atoms with van der Waals surface area (Å²) in [7, 11) is 0. The Labute approximate surface area is 189 Å². The Hall–Kier alpha value is -3.40. The Morgan fingerprint density at radius 3 is 2.47 bits per heavy atom. The van der Waals surface area contributed by atoms with E-state index in [2.05, 4.69) is 11.9 Å². The minimum atomic E-state index is -0.434. The van der Waals surface area contributed by atoms with E-state index in [1.54, 1.807) is 6.08 Å². The molecule has 0 spiro atoms. The molecule has 164 valence electrons. The van der Waals surface area contributed by atoms with Crippen molar-refractivity contribution < 1.29 is 14.3 Å². The second-order valence-electron chi connectivity index (χ2n) is 8.05. The molecule has 0 unspecified atom stereocenters. The number of nitrogens with zero attached hydrogens (tertiary/aromatic N) is 1. The lowest BCUT2D eigenvalue weighted by molar-refractivity contribution is -0.129. The molecule has 1 aliphatic heterocycles. The molecule has 3 aromatic rings. The van der Waals surface area contributed by atoms with Gasteiger partial charge in [0.2, 0.25) is 5.90 Å². The van der Waals surface area contributed by atoms with Gasteiger partial charge in [-0.05, 0) is 47.0 Å². The zero-order valence-electron chi connectivity index (χ0n) is 18.5. The van der Waals surface area contributed by atoms with Gasteiger partial charge in [0, 0.05) is 5.56 Å². The van der Waals surface area contributed by atoms with Crippen molar-refractivity contribution in [2.45, 2.75) is 45.4 Å². The van der Waals surface area contributed by atoms with Gasteiger partial charge in [-0.3, -0.25) is 0 Å². The number of rotatable bonds is 10. The first-order valence-electron chi connectivity index (χ1n) is 11.5. The third kappa shape index (κ3) is 5.44. The molecule has 0 N–H and O–H groups in total. The number of ether oxygens (including phenoxy) is 2. The Morgan fingerprint density at radius 2 is 1.62 bits per heavy atom. The van der Waals surface area contributed by atoms with Crippen LogP contribution < -0.4 is 4.74 Å². The van der Waals surface area contributed by atoms with Crippen molar-refractivity contribution >= 4 is 28.7 Å². The number of hydrogen-bond acceptors (Lipinski definition) is 4. The first kappa shape index (κ1) is 21.8. The zero-order valence-corrected chi connectivity index (χ0v) is 18.5. The molecule has 0 amide bonds. The van der Waals surface area contributed by atoms with Gasteiger partial charge < -0.3 is 9.47 Å². The maximum absolute atomic E-state index is 12.4. The summed E-state index contributed by atoms with van der Waals surface area (Å²) < 4.78 is 11.3. The number of fused-ring (bicyclic) bond motifs is 1. The van der Waals surface area contributed by atoms with Gasteiger partial charge in [-0.25, -0.2) is 9.79 Å². The molecule has 1 heterocycles. The minimum Gasteiger partial charge on any atom is -0.494 e. The topological polar surface area (TPSA) is 47.9 Å². The zero-order chi connectivity index (χ0) is 22.2. The first-order valence-corrected chi connectivity index (χ1v) is 11.5. The highest BCUT2D eigenvalue weighted by Crippen LogP contribution is 2.25. The van der Waals surface area contributed by atoms with Crippen LogP contribution in [0.2, 0.25) is 0 Å². The summed E-state index contributed by atoms with van der Waals surface area (Å²) in [5.41, 5.74) is 2.00. The number of unbranched alkanes of at least 4 members (excludes halogenated alkanes) is 5. The summed E-state index contributed by atoms with van der Waals surface area (Å²) >= 11 is 0. The number of aliphatic imine (C=N–C) groups is 1. The Balaban J connectivity index is 1.39. The van der Waals surface area contributed by atoms with Crippen molar-refractivity contribution in [2.24, 2.45) is 4.99 Å². The fourth-order valence-corrected chi connectivity index (χ4v) is 3.83. The van der Waals surface area contributed by atoms with Crippen LogP contribution >= 0.6 is 0 Å². The SMILES string of the molecule is CCCCCCCCOc1ccc(C=C2N=C(c3cccc4ccccc34)OC2=O)cc1. The molecule has 0 saturated heterocycles. The minimum absolute atomic E-state index is 0.300. The fraction of sp³-hybridized carbons (Fsp3) is 0.286. The summed E-state index contributed by atoms with van der Waals surface area (Å²) in [6, 6.07) is 21.6.